The maximum atomic E-state index is 12.3. The van der Waals surface area contributed by atoms with Gasteiger partial charge in [0, 0.05) is 12.7 Å². The number of anilines is 1. The number of nitrogens with one attached hydrogen (secondary N) is 1. The number of carbonyl (C=O) groups excluding carboxylic acids is 1. The van der Waals surface area contributed by atoms with E-state index in [4.69, 9.17) is 5.11 Å². The van der Waals surface area contributed by atoms with Crippen LogP contribution in [0, 0.1) is 6.92 Å². The van der Waals surface area contributed by atoms with Crippen LogP contribution in [0.25, 0.3) is 0 Å². The number of amides is 1. The van der Waals surface area contributed by atoms with E-state index in [0.717, 1.165) is 29.9 Å². The van der Waals surface area contributed by atoms with Crippen molar-refractivity contribution in [3.05, 3.63) is 39.8 Å². The summed E-state index contributed by atoms with van der Waals surface area (Å²) in [6.07, 6.45) is 2.77. The summed E-state index contributed by atoms with van der Waals surface area (Å²) in [6.45, 7) is 4.57. The van der Waals surface area contributed by atoms with Crippen molar-refractivity contribution in [2.75, 3.05) is 5.32 Å². The number of thiophene rings is 1. The summed E-state index contributed by atoms with van der Waals surface area (Å²) >= 11 is 1.12. The lowest BCUT2D eigenvalue weighted by Crippen LogP contribution is -2.18. The molecule has 0 aliphatic rings. The zero-order valence-corrected chi connectivity index (χ0v) is 12.2. The van der Waals surface area contributed by atoms with E-state index in [-0.39, 0.29) is 10.8 Å². The minimum Gasteiger partial charge on any atom is -0.477 e. The standard InChI is InChI=1S/C14H16N2O3S/c1-3-6-16-7-4-5-10(16)13(17)15-11-9(2)8-20-12(11)14(18)19/h4-5,7-8H,3,6H2,1-2H3,(H,15,17)(H,18,19). The van der Waals surface area contributed by atoms with Crippen LogP contribution in [0.4, 0.5) is 5.69 Å². The van der Waals surface area contributed by atoms with Crippen molar-refractivity contribution >= 4 is 28.9 Å². The van der Waals surface area contributed by atoms with Gasteiger partial charge < -0.3 is 15.0 Å². The molecule has 0 radical (unpaired) electrons. The highest BCUT2D eigenvalue weighted by molar-refractivity contribution is 7.12. The molecule has 0 spiro atoms. The Morgan fingerprint density at radius 1 is 1.45 bits per heavy atom. The third-order valence-electron chi connectivity index (χ3n) is 2.93. The lowest BCUT2D eigenvalue weighted by atomic mass is 10.2. The van der Waals surface area contributed by atoms with E-state index in [0.29, 0.717) is 11.4 Å². The van der Waals surface area contributed by atoms with Crippen molar-refractivity contribution in [2.24, 2.45) is 0 Å². The maximum Gasteiger partial charge on any atom is 0.348 e. The van der Waals surface area contributed by atoms with Crippen LogP contribution in [0.2, 0.25) is 0 Å². The number of carboxylic acids is 1. The molecule has 0 saturated heterocycles. The first kappa shape index (κ1) is 14.3. The van der Waals surface area contributed by atoms with Crippen LogP contribution in [0.3, 0.4) is 0 Å². The monoisotopic (exact) mass is 292 g/mol. The molecular formula is C14H16N2O3S. The summed E-state index contributed by atoms with van der Waals surface area (Å²) in [6, 6.07) is 3.54. The summed E-state index contributed by atoms with van der Waals surface area (Å²) in [5, 5.41) is 13.6. The Labute approximate surface area is 120 Å². The van der Waals surface area contributed by atoms with Gasteiger partial charge in [0.05, 0.1) is 5.69 Å². The van der Waals surface area contributed by atoms with E-state index in [2.05, 4.69) is 5.32 Å². The fourth-order valence-corrected chi connectivity index (χ4v) is 2.83. The van der Waals surface area contributed by atoms with Gasteiger partial charge in [-0.05, 0) is 36.4 Å². The van der Waals surface area contributed by atoms with E-state index in [1.807, 2.05) is 23.8 Å². The van der Waals surface area contributed by atoms with Crippen molar-refractivity contribution in [3.8, 4) is 0 Å². The average Bonchev–Trinajstić information content (AvgIpc) is 2.98. The summed E-state index contributed by atoms with van der Waals surface area (Å²) < 4.78 is 1.86. The summed E-state index contributed by atoms with van der Waals surface area (Å²) in [5.41, 5.74) is 1.68. The number of carbonyl (C=O) groups is 2. The number of aromatic nitrogens is 1. The molecule has 2 rings (SSSR count). The number of aromatic carboxylic acids is 1. The molecule has 0 unspecified atom stereocenters. The summed E-state index contributed by atoms with van der Waals surface area (Å²) in [7, 11) is 0. The van der Waals surface area contributed by atoms with E-state index in [1.54, 1.807) is 18.4 Å². The molecule has 6 heteroatoms. The summed E-state index contributed by atoms with van der Waals surface area (Å²) in [5.74, 6) is -1.31. The van der Waals surface area contributed by atoms with Crippen LogP contribution in [0.1, 0.15) is 39.1 Å². The molecule has 2 heterocycles. The van der Waals surface area contributed by atoms with E-state index < -0.39 is 5.97 Å². The molecule has 2 N–H and O–H groups in total. The highest BCUT2D eigenvalue weighted by Gasteiger charge is 2.19. The van der Waals surface area contributed by atoms with Crippen molar-refractivity contribution < 1.29 is 14.7 Å². The van der Waals surface area contributed by atoms with Gasteiger partial charge >= 0.3 is 5.97 Å². The van der Waals surface area contributed by atoms with Crippen LogP contribution in [0.5, 0.6) is 0 Å². The second-order valence-corrected chi connectivity index (χ2v) is 5.35. The summed E-state index contributed by atoms with van der Waals surface area (Å²) in [4.78, 5) is 23.6. The quantitative estimate of drug-likeness (QED) is 0.888. The Hall–Kier alpha value is -2.08. The Kier molecular flexibility index (Phi) is 4.24. The molecule has 0 aliphatic carbocycles. The lowest BCUT2D eigenvalue weighted by Gasteiger charge is -2.09. The molecule has 0 atom stereocenters. The largest absolute Gasteiger partial charge is 0.477 e. The molecule has 0 saturated carbocycles. The van der Waals surface area contributed by atoms with Crippen LogP contribution >= 0.6 is 11.3 Å². The minimum absolute atomic E-state index is 0.157. The molecular weight excluding hydrogens is 276 g/mol. The van der Waals surface area contributed by atoms with Crippen LogP contribution in [-0.2, 0) is 6.54 Å². The first-order valence-corrected chi connectivity index (χ1v) is 7.20. The Morgan fingerprint density at radius 3 is 2.85 bits per heavy atom. The Balaban J connectivity index is 2.26. The van der Waals surface area contributed by atoms with Crippen molar-refractivity contribution in [3.63, 3.8) is 0 Å². The number of rotatable bonds is 5. The molecule has 0 aromatic carbocycles. The average molecular weight is 292 g/mol. The molecule has 0 fully saturated rings. The van der Waals surface area contributed by atoms with Gasteiger partial charge in [0.25, 0.3) is 5.91 Å². The predicted octanol–water partition coefficient (Wildman–Crippen LogP) is 3.22. The first-order chi connectivity index (χ1) is 9.54. The number of hydrogen-bond donors (Lipinski definition) is 2. The van der Waals surface area contributed by atoms with Crippen LogP contribution < -0.4 is 5.32 Å². The molecule has 1 amide bonds. The topological polar surface area (TPSA) is 71.3 Å². The van der Waals surface area contributed by atoms with E-state index in [1.165, 1.54) is 0 Å². The SMILES string of the molecule is CCCn1cccc1C(=O)Nc1c(C)csc1C(=O)O. The maximum absolute atomic E-state index is 12.3. The van der Waals surface area contributed by atoms with Crippen molar-refractivity contribution in [2.45, 2.75) is 26.8 Å². The molecule has 106 valence electrons. The van der Waals surface area contributed by atoms with Crippen LogP contribution in [-0.4, -0.2) is 21.6 Å². The van der Waals surface area contributed by atoms with Gasteiger partial charge in [0.2, 0.25) is 0 Å². The third kappa shape index (κ3) is 2.75. The molecule has 2 aromatic heterocycles. The van der Waals surface area contributed by atoms with Crippen molar-refractivity contribution in [1.29, 1.82) is 0 Å². The third-order valence-corrected chi connectivity index (χ3v) is 4.02. The normalized spacial score (nSPS) is 10.5. The van der Waals surface area contributed by atoms with E-state index in [9.17, 15) is 9.59 Å². The Bertz CT molecular complexity index is 643. The molecule has 2 aromatic rings. The zero-order valence-electron chi connectivity index (χ0n) is 11.3. The number of nitrogens with zero attached hydrogens (tertiary/aromatic N) is 1. The fourth-order valence-electron chi connectivity index (χ4n) is 1.99. The second-order valence-electron chi connectivity index (χ2n) is 4.47. The number of hydrogen-bond acceptors (Lipinski definition) is 3. The lowest BCUT2D eigenvalue weighted by molar-refractivity contribution is 0.0703. The number of aryl methyl sites for hydroxylation is 2. The zero-order chi connectivity index (χ0) is 14.7. The van der Waals surface area contributed by atoms with Gasteiger partial charge in [-0.15, -0.1) is 11.3 Å². The van der Waals surface area contributed by atoms with E-state index >= 15 is 0 Å². The van der Waals surface area contributed by atoms with Gasteiger partial charge in [-0.25, -0.2) is 4.79 Å². The first-order valence-electron chi connectivity index (χ1n) is 6.32. The fraction of sp³-hybridized carbons (Fsp3) is 0.286. The van der Waals surface area contributed by atoms with Gasteiger partial charge in [-0.3, -0.25) is 4.79 Å². The molecule has 0 aliphatic heterocycles. The Morgan fingerprint density at radius 2 is 2.20 bits per heavy atom. The van der Waals surface area contributed by atoms with Crippen LogP contribution in [0.15, 0.2) is 23.7 Å². The smallest absolute Gasteiger partial charge is 0.348 e. The second kappa shape index (κ2) is 5.92. The van der Waals surface area contributed by atoms with Crippen molar-refractivity contribution in [1.82, 2.24) is 4.57 Å². The molecule has 0 bridgehead atoms. The van der Waals surface area contributed by atoms with Gasteiger partial charge in [0.1, 0.15) is 10.6 Å². The predicted molar refractivity (Wildman–Crippen MR) is 78.7 cm³/mol. The van der Waals surface area contributed by atoms with Gasteiger partial charge in [-0.1, -0.05) is 6.92 Å². The minimum atomic E-state index is -1.03. The number of carboxylic acid groups (broad SMARTS) is 1. The van der Waals surface area contributed by atoms with Gasteiger partial charge in [-0.2, -0.15) is 0 Å². The molecule has 5 nitrogen and oxygen atoms in total. The molecule has 20 heavy (non-hydrogen) atoms. The highest BCUT2D eigenvalue weighted by Crippen LogP contribution is 2.28. The van der Waals surface area contributed by atoms with Gasteiger partial charge in [0.15, 0.2) is 0 Å². The highest BCUT2D eigenvalue weighted by atomic mass is 32.1.